The topological polar surface area (TPSA) is 41.4 Å². The highest BCUT2D eigenvalue weighted by Crippen LogP contribution is 2.17. The number of nitrogens with one attached hydrogen (secondary N) is 1. The molecule has 6 heteroatoms. The number of carbonyl (C=O) groups is 1. The van der Waals surface area contributed by atoms with E-state index in [0.717, 1.165) is 13.1 Å². The molecule has 0 saturated carbocycles. The Labute approximate surface area is 164 Å². The van der Waals surface area contributed by atoms with Crippen LogP contribution in [0.3, 0.4) is 0 Å². The van der Waals surface area contributed by atoms with Crippen molar-refractivity contribution in [2.45, 2.75) is 19.5 Å². The lowest BCUT2D eigenvalue weighted by molar-refractivity contribution is -0.917. The van der Waals surface area contributed by atoms with Crippen molar-refractivity contribution in [3.05, 3.63) is 70.5 Å². The highest BCUT2D eigenvalue weighted by atomic mass is 35.5. The Morgan fingerprint density at radius 3 is 2.56 bits per heavy atom. The predicted molar refractivity (Wildman–Crippen MR) is 104 cm³/mol. The number of nitrogens with two attached hydrogens (primary N) is 1. The van der Waals surface area contributed by atoms with E-state index in [-0.39, 0.29) is 17.8 Å². The van der Waals surface area contributed by atoms with E-state index in [9.17, 15) is 9.18 Å². The molecule has 0 spiro atoms. The lowest BCUT2D eigenvalue weighted by Crippen LogP contribution is -3.13. The number of benzene rings is 2. The lowest BCUT2D eigenvalue weighted by Gasteiger charge is -2.32. The number of halogens is 2. The fraction of sp³-hybridized carbons (Fsp3) is 0.381. The van der Waals surface area contributed by atoms with Crippen LogP contribution in [0.5, 0.6) is 0 Å². The number of hydrogen-bond donors (Lipinski definition) is 2. The summed E-state index contributed by atoms with van der Waals surface area (Å²) in [7, 11) is 0. The van der Waals surface area contributed by atoms with Gasteiger partial charge >= 0.3 is 0 Å². The number of hydrogen-bond acceptors (Lipinski definition) is 1. The van der Waals surface area contributed by atoms with Gasteiger partial charge in [-0.3, -0.25) is 4.79 Å². The fourth-order valence-electron chi connectivity index (χ4n) is 3.50. The molecule has 0 radical (unpaired) electrons. The molecule has 0 aromatic heterocycles. The summed E-state index contributed by atoms with van der Waals surface area (Å²) in [5, 5.41) is 2.56. The number of amides is 1. The van der Waals surface area contributed by atoms with Crippen LogP contribution < -0.4 is 10.2 Å². The minimum absolute atomic E-state index is 0.167. The Morgan fingerprint density at radius 2 is 1.89 bits per heavy atom. The highest BCUT2D eigenvalue weighted by Gasteiger charge is 2.26. The summed E-state index contributed by atoms with van der Waals surface area (Å²) in [6.45, 7) is 6.15. The Bertz CT molecular complexity index is 743. The molecule has 2 aromatic carbocycles. The van der Waals surface area contributed by atoms with Crippen LogP contribution in [-0.4, -0.2) is 43.5 Å². The van der Waals surface area contributed by atoms with Crippen LogP contribution in [-0.2, 0) is 11.3 Å². The quantitative estimate of drug-likeness (QED) is 0.758. The van der Waals surface area contributed by atoms with Crippen LogP contribution in [0.25, 0.3) is 0 Å². The van der Waals surface area contributed by atoms with Gasteiger partial charge in [0.2, 0.25) is 0 Å². The Kier molecular flexibility index (Phi) is 6.83. The molecule has 144 valence electrons. The largest absolute Gasteiger partial charge is 0.333 e. The summed E-state index contributed by atoms with van der Waals surface area (Å²) in [5.74, 6) is -0.0845. The van der Waals surface area contributed by atoms with Gasteiger partial charge in [-0.1, -0.05) is 48.0 Å². The maximum absolute atomic E-state index is 14.0. The Morgan fingerprint density at radius 1 is 1.19 bits per heavy atom. The van der Waals surface area contributed by atoms with Crippen molar-refractivity contribution in [2.75, 3.05) is 32.7 Å². The first-order valence-corrected chi connectivity index (χ1v) is 9.85. The molecule has 3 rings (SSSR count). The first-order valence-electron chi connectivity index (χ1n) is 9.47. The van der Waals surface area contributed by atoms with Crippen LogP contribution in [0.15, 0.2) is 48.5 Å². The minimum atomic E-state index is -0.252. The number of rotatable bonds is 6. The van der Waals surface area contributed by atoms with Crippen LogP contribution in [0.4, 0.5) is 4.39 Å². The van der Waals surface area contributed by atoms with Gasteiger partial charge in [0.15, 0.2) is 6.54 Å². The van der Waals surface area contributed by atoms with Crippen LogP contribution in [0.2, 0.25) is 5.02 Å². The third-order valence-electron chi connectivity index (χ3n) is 5.28. The van der Waals surface area contributed by atoms with E-state index in [2.05, 4.69) is 24.4 Å². The van der Waals surface area contributed by atoms with E-state index in [1.807, 2.05) is 23.1 Å². The van der Waals surface area contributed by atoms with Gasteiger partial charge < -0.3 is 15.1 Å². The summed E-state index contributed by atoms with van der Waals surface area (Å²) in [6.07, 6.45) is 0. The van der Waals surface area contributed by atoms with E-state index in [0.29, 0.717) is 36.8 Å². The molecule has 1 aliphatic rings. The van der Waals surface area contributed by atoms with Crippen molar-refractivity contribution < 1.29 is 19.4 Å². The lowest BCUT2D eigenvalue weighted by atomic mass is 10.1. The molecule has 1 amide bonds. The second-order valence-corrected chi connectivity index (χ2v) is 7.55. The monoisotopic (exact) mass is 391 g/mol. The Balaban J connectivity index is 1.45. The summed E-state index contributed by atoms with van der Waals surface area (Å²) in [6, 6.07) is 15.3. The minimum Gasteiger partial charge on any atom is -0.333 e. The molecular formula is C21H27ClFN3O+2. The number of quaternary nitrogens is 2. The molecule has 1 fully saturated rings. The second kappa shape index (κ2) is 9.31. The molecule has 0 aliphatic carbocycles. The van der Waals surface area contributed by atoms with Crippen LogP contribution in [0.1, 0.15) is 24.1 Å². The Hall–Kier alpha value is -1.95. The number of carbonyl (C=O) groups excluding carboxylic acids is 1. The third-order valence-corrected chi connectivity index (χ3v) is 5.64. The normalized spacial score (nSPS) is 16.3. The zero-order valence-corrected chi connectivity index (χ0v) is 16.4. The molecule has 1 saturated heterocycles. The van der Waals surface area contributed by atoms with Gasteiger partial charge in [0.1, 0.15) is 18.4 Å². The zero-order valence-electron chi connectivity index (χ0n) is 15.6. The SMILES string of the molecule is C[C@H]([NH2+]CC(=O)N1CC[NH+](Cc2c(F)cccc2Cl)CC1)c1ccccc1. The van der Waals surface area contributed by atoms with E-state index in [1.54, 1.807) is 12.1 Å². The number of nitrogens with zero attached hydrogens (tertiary/aromatic N) is 1. The van der Waals surface area contributed by atoms with E-state index < -0.39 is 0 Å². The van der Waals surface area contributed by atoms with Crippen molar-refractivity contribution in [3.8, 4) is 0 Å². The van der Waals surface area contributed by atoms with E-state index in [4.69, 9.17) is 11.6 Å². The van der Waals surface area contributed by atoms with Gasteiger partial charge in [0, 0.05) is 5.56 Å². The summed E-state index contributed by atoms with van der Waals surface area (Å²) < 4.78 is 14.0. The van der Waals surface area contributed by atoms with Crippen molar-refractivity contribution in [1.29, 1.82) is 0 Å². The zero-order chi connectivity index (χ0) is 19.2. The van der Waals surface area contributed by atoms with Gasteiger partial charge in [-0.05, 0) is 19.1 Å². The van der Waals surface area contributed by atoms with E-state index in [1.165, 1.54) is 16.5 Å². The molecule has 1 aliphatic heterocycles. The van der Waals surface area contributed by atoms with Crippen molar-refractivity contribution in [3.63, 3.8) is 0 Å². The average molecular weight is 392 g/mol. The molecular weight excluding hydrogens is 365 g/mol. The maximum Gasteiger partial charge on any atom is 0.278 e. The number of piperazine rings is 1. The van der Waals surface area contributed by atoms with Gasteiger partial charge in [0.25, 0.3) is 5.91 Å². The van der Waals surface area contributed by atoms with Crippen molar-refractivity contribution >= 4 is 17.5 Å². The third kappa shape index (κ3) is 5.28. The first-order chi connectivity index (χ1) is 13.0. The molecule has 4 nitrogen and oxygen atoms in total. The molecule has 0 unspecified atom stereocenters. The molecule has 27 heavy (non-hydrogen) atoms. The molecule has 3 N–H and O–H groups in total. The van der Waals surface area contributed by atoms with Gasteiger partial charge in [-0.2, -0.15) is 0 Å². The van der Waals surface area contributed by atoms with Crippen molar-refractivity contribution in [1.82, 2.24) is 4.90 Å². The predicted octanol–water partition coefficient (Wildman–Crippen LogP) is 1.03. The molecule has 0 bridgehead atoms. The van der Waals surface area contributed by atoms with Gasteiger partial charge in [0.05, 0.1) is 36.8 Å². The maximum atomic E-state index is 14.0. The average Bonchev–Trinajstić information content (AvgIpc) is 2.70. The molecule has 2 aromatic rings. The highest BCUT2D eigenvalue weighted by molar-refractivity contribution is 6.31. The van der Waals surface area contributed by atoms with Crippen LogP contribution >= 0.6 is 11.6 Å². The fourth-order valence-corrected chi connectivity index (χ4v) is 3.73. The summed E-state index contributed by atoms with van der Waals surface area (Å²) in [4.78, 5) is 15.7. The smallest absolute Gasteiger partial charge is 0.278 e. The molecule has 1 heterocycles. The van der Waals surface area contributed by atoms with Gasteiger partial charge in [-0.25, -0.2) is 4.39 Å². The van der Waals surface area contributed by atoms with Crippen LogP contribution in [0, 0.1) is 5.82 Å². The summed E-state index contributed by atoms with van der Waals surface area (Å²) in [5.41, 5.74) is 1.79. The second-order valence-electron chi connectivity index (χ2n) is 7.15. The standard InChI is InChI=1S/C21H25ClFN3O/c1-16(17-6-3-2-4-7-17)24-14-21(27)26-12-10-25(11-13-26)15-18-19(22)8-5-9-20(18)23/h2-9,16,24H,10-15H2,1H3/p+2/t16-/m0/s1. The van der Waals surface area contributed by atoms with Crippen molar-refractivity contribution in [2.24, 2.45) is 0 Å². The molecule has 1 atom stereocenters. The van der Waals surface area contributed by atoms with Gasteiger partial charge in [-0.15, -0.1) is 0 Å². The first kappa shape index (κ1) is 19.8. The summed E-state index contributed by atoms with van der Waals surface area (Å²) >= 11 is 6.13. The van der Waals surface area contributed by atoms with E-state index >= 15 is 0 Å².